The van der Waals surface area contributed by atoms with Gasteiger partial charge in [0.2, 0.25) is 5.82 Å². The average molecular weight is 206 g/mol. The summed E-state index contributed by atoms with van der Waals surface area (Å²) in [6, 6.07) is 4.39. The zero-order valence-electron chi connectivity index (χ0n) is 7.43. The molecular formula is C9H6N2O4. The van der Waals surface area contributed by atoms with Crippen LogP contribution in [-0.2, 0) is 0 Å². The molecule has 15 heavy (non-hydrogen) atoms. The Labute approximate surface area is 83.2 Å². The lowest BCUT2D eigenvalue weighted by Crippen LogP contribution is -2.14. The molecule has 0 atom stereocenters. The van der Waals surface area contributed by atoms with Crippen molar-refractivity contribution in [1.29, 1.82) is 0 Å². The number of aromatic carboxylic acids is 1. The zero-order chi connectivity index (χ0) is 10.8. The van der Waals surface area contributed by atoms with Crippen LogP contribution in [0.1, 0.15) is 10.6 Å². The molecule has 6 nitrogen and oxygen atoms in total. The Kier molecular flexibility index (Phi) is 2.09. The fraction of sp³-hybridized carbons (Fsp3) is 0. The van der Waals surface area contributed by atoms with Gasteiger partial charge in [0.1, 0.15) is 5.69 Å². The van der Waals surface area contributed by atoms with Gasteiger partial charge in [-0.3, -0.25) is 4.79 Å². The molecule has 0 aliphatic heterocycles. The number of hydrogen-bond donors (Lipinski definition) is 2. The van der Waals surface area contributed by atoms with E-state index in [0.717, 1.165) is 0 Å². The van der Waals surface area contributed by atoms with Gasteiger partial charge < -0.3 is 14.5 Å². The molecule has 2 N–H and O–H groups in total. The molecule has 0 radical (unpaired) electrons. The first-order chi connectivity index (χ1) is 7.16. The predicted octanol–water partition coefficient (Wildman–Crippen LogP) is 0.728. The number of furan rings is 1. The molecule has 0 saturated carbocycles. The Morgan fingerprint density at radius 2 is 2.33 bits per heavy atom. The summed E-state index contributed by atoms with van der Waals surface area (Å²) in [7, 11) is 0. The highest BCUT2D eigenvalue weighted by molar-refractivity contribution is 5.83. The third-order valence-electron chi connectivity index (χ3n) is 1.72. The molecule has 0 aliphatic carbocycles. The van der Waals surface area contributed by atoms with E-state index in [1.54, 1.807) is 12.1 Å². The number of hydrogen-bond acceptors (Lipinski definition) is 4. The minimum Gasteiger partial charge on any atom is -0.475 e. The highest BCUT2D eigenvalue weighted by Gasteiger charge is 2.10. The van der Waals surface area contributed by atoms with Crippen molar-refractivity contribution >= 4 is 5.97 Å². The molecule has 0 saturated heterocycles. The second-order valence-electron chi connectivity index (χ2n) is 2.76. The first kappa shape index (κ1) is 9.20. The molecular weight excluding hydrogens is 200 g/mol. The van der Waals surface area contributed by atoms with Crippen LogP contribution in [0.4, 0.5) is 0 Å². The van der Waals surface area contributed by atoms with Crippen LogP contribution in [0.25, 0.3) is 11.5 Å². The quantitative estimate of drug-likeness (QED) is 0.754. The zero-order valence-corrected chi connectivity index (χ0v) is 7.43. The highest BCUT2D eigenvalue weighted by Crippen LogP contribution is 2.14. The lowest BCUT2D eigenvalue weighted by molar-refractivity contribution is 0.0683. The SMILES string of the molecule is O=C(O)c1nc(-c2ccco2)cc(=O)[nH]1. The van der Waals surface area contributed by atoms with Gasteiger partial charge in [0.25, 0.3) is 5.56 Å². The van der Waals surface area contributed by atoms with Crippen molar-refractivity contribution in [2.24, 2.45) is 0 Å². The first-order valence-corrected chi connectivity index (χ1v) is 4.05. The predicted molar refractivity (Wildman–Crippen MR) is 49.5 cm³/mol. The molecule has 0 amide bonds. The van der Waals surface area contributed by atoms with Crippen molar-refractivity contribution in [3.63, 3.8) is 0 Å². The van der Waals surface area contributed by atoms with Crippen LogP contribution >= 0.6 is 0 Å². The highest BCUT2D eigenvalue weighted by atomic mass is 16.4. The minimum absolute atomic E-state index is 0.196. The van der Waals surface area contributed by atoms with Crippen LogP contribution in [-0.4, -0.2) is 21.0 Å². The van der Waals surface area contributed by atoms with E-state index in [4.69, 9.17) is 9.52 Å². The smallest absolute Gasteiger partial charge is 0.372 e. The van der Waals surface area contributed by atoms with E-state index in [2.05, 4.69) is 9.97 Å². The topological polar surface area (TPSA) is 96.2 Å². The van der Waals surface area contributed by atoms with E-state index < -0.39 is 17.4 Å². The van der Waals surface area contributed by atoms with Gasteiger partial charge in [0, 0.05) is 6.07 Å². The summed E-state index contributed by atoms with van der Waals surface area (Å²) in [4.78, 5) is 27.5. The monoisotopic (exact) mass is 206 g/mol. The molecule has 0 fully saturated rings. The Balaban J connectivity index is 2.59. The number of nitrogens with zero attached hydrogens (tertiary/aromatic N) is 1. The summed E-state index contributed by atoms with van der Waals surface area (Å²) in [6.45, 7) is 0. The fourth-order valence-electron chi connectivity index (χ4n) is 1.11. The summed E-state index contributed by atoms with van der Waals surface area (Å²) >= 11 is 0. The molecule has 2 heterocycles. The van der Waals surface area contributed by atoms with Crippen LogP contribution in [0.15, 0.2) is 33.7 Å². The van der Waals surface area contributed by atoms with Crippen molar-refractivity contribution < 1.29 is 14.3 Å². The minimum atomic E-state index is -1.29. The van der Waals surface area contributed by atoms with E-state index in [1.165, 1.54) is 12.3 Å². The van der Waals surface area contributed by atoms with Gasteiger partial charge in [-0.25, -0.2) is 9.78 Å². The Morgan fingerprint density at radius 3 is 2.93 bits per heavy atom. The molecule has 0 unspecified atom stereocenters. The van der Waals surface area contributed by atoms with Crippen molar-refractivity contribution in [1.82, 2.24) is 9.97 Å². The van der Waals surface area contributed by atoms with Crippen LogP contribution < -0.4 is 5.56 Å². The van der Waals surface area contributed by atoms with Gasteiger partial charge in [0.05, 0.1) is 6.26 Å². The summed E-state index contributed by atoms with van der Waals surface area (Å²) in [5.41, 5.74) is -0.338. The molecule has 0 spiro atoms. The Bertz CT molecular complexity index is 541. The van der Waals surface area contributed by atoms with Crippen molar-refractivity contribution in [3.05, 3.63) is 40.6 Å². The van der Waals surface area contributed by atoms with Gasteiger partial charge in [0.15, 0.2) is 5.76 Å². The molecule has 76 valence electrons. The van der Waals surface area contributed by atoms with Gasteiger partial charge in [-0.2, -0.15) is 0 Å². The average Bonchev–Trinajstić information content (AvgIpc) is 2.69. The fourth-order valence-corrected chi connectivity index (χ4v) is 1.11. The molecule has 6 heteroatoms. The molecule has 2 aromatic heterocycles. The maximum Gasteiger partial charge on any atom is 0.372 e. The molecule has 0 aromatic carbocycles. The standard InChI is InChI=1S/C9H6N2O4/c12-7-4-5(6-2-1-3-15-6)10-8(11-7)9(13)14/h1-4H,(H,13,14)(H,10,11,12). The lowest BCUT2D eigenvalue weighted by Gasteiger charge is -1.97. The van der Waals surface area contributed by atoms with Crippen LogP contribution in [0.2, 0.25) is 0 Å². The lowest BCUT2D eigenvalue weighted by atomic mass is 10.3. The molecule has 0 aliphatic rings. The first-order valence-electron chi connectivity index (χ1n) is 4.05. The Hall–Kier alpha value is -2.37. The van der Waals surface area contributed by atoms with Crippen molar-refractivity contribution in [2.75, 3.05) is 0 Å². The maximum absolute atomic E-state index is 11.1. The number of aromatic nitrogens is 2. The normalized spacial score (nSPS) is 10.1. The molecule has 2 rings (SSSR count). The van der Waals surface area contributed by atoms with Crippen molar-refractivity contribution in [3.8, 4) is 11.5 Å². The van der Waals surface area contributed by atoms with Crippen LogP contribution in [0.3, 0.4) is 0 Å². The number of nitrogens with one attached hydrogen (secondary N) is 1. The summed E-state index contributed by atoms with van der Waals surface area (Å²) in [5, 5.41) is 8.67. The molecule has 2 aromatic rings. The second-order valence-corrected chi connectivity index (χ2v) is 2.76. The van der Waals surface area contributed by atoms with Gasteiger partial charge in [-0.15, -0.1) is 0 Å². The van der Waals surface area contributed by atoms with Crippen molar-refractivity contribution in [2.45, 2.75) is 0 Å². The number of rotatable bonds is 2. The van der Waals surface area contributed by atoms with E-state index in [9.17, 15) is 9.59 Å². The van der Waals surface area contributed by atoms with E-state index in [1.807, 2.05) is 0 Å². The number of aromatic amines is 1. The summed E-state index contributed by atoms with van der Waals surface area (Å²) < 4.78 is 5.00. The summed E-state index contributed by atoms with van der Waals surface area (Å²) in [5.74, 6) is -1.35. The second kappa shape index (κ2) is 3.41. The van der Waals surface area contributed by atoms with E-state index in [-0.39, 0.29) is 5.69 Å². The number of carboxylic acid groups (broad SMARTS) is 1. The maximum atomic E-state index is 11.1. The third-order valence-corrected chi connectivity index (χ3v) is 1.72. The molecule has 0 bridgehead atoms. The van der Waals surface area contributed by atoms with E-state index >= 15 is 0 Å². The van der Waals surface area contributed by atoms with Gasteiger partial charge in [-0.05, 0) is 12.1 Å². The van der Waals surface area contributed by atoms with Gasteiger partial charge >= 0.3 is 5.97 Å². The number of carbonyl (C=O) groups is 1. The van der Waals surface area contributed by atoms with E-state index in [0.29, 0.717) is 5.76 Å². The largest absolute Gasteiger partial charge is 0.475 e. The number of carboxylic acids is 1. The van der Waals surface area contributed by atoms with Crippen LogP contribution in [0, 0.1) is 0 Å². The third kappa shape index (κ3) is 1.78. The van der Waals surface area contributed by atoms with Gasteiger partial charge in [-0.1, -0.05) is 0 Å². The van der Waals surface area contributed by atoms with Crippen LogP contribution in [0.5, 0.6) is 0 Å². The Morgan fingerprint density at radius 1 is 1.53 bits per heavy atom. The number of H-pyrrole nitrogens is 1. The summed E-state index contributed by atoms with van der Waals surface area (Å²) in [6.07, 6.45) is 1.42.